The summed E-state index contributed by atoms with van der Waals surface area (Å²) in [6.45, 7) is 3.36. The summed E-state index contributed by atoms with van der Waals surface area (Å²) in [4.78, 5) is 41.0. The number of methoxy groups -OCH3 is 3. The van der Waals surface area contributed by atoms with Crippen molar-refractivity contribution in [3.8, 4) is 22.9 Å². The molecular formula is C24H26N6O7. The number of amides is 1. The largest absolute Gasteiger partial charge is 0.493 e. The lowest BCUT2D eigenvalue weighted by molar-refractivity contribution is -0.384. The van der Waals surface area contributed by atoms with E-state index >= 15 is 0 Å². The minimum atomic E-state index is -0.500. The van der Waals surface area contributed by atoms with Crippen molar-refractivity contribution in [2.75, 3.05) is 52.4 Å². The highest BCUT2D eigenvalue weighted by atomic mass is 16.6. The number of aromatic nitrogens is 3. The first kappa shape index (κ1) is 25.4. The number of ether oxygens (including phenoxy) is 3. The fraction of sp³-hybridized carbons (Fsp3) is 0.333. The molecule has 2 aromatic carbocycles. The van der Waals surface area contributed by atoms with Gasteiger partial charge in [-0.05, 0) is 24.3 Å². The minimum absolute atomic E-state index is 0.0251. The van der Waals surface area contributed by atoms with Gasteiger partial charge in [-0.15, -0.1) is 15.0 Å². The van der Waals surface area contributed by atoms with E-state index in [2.05, 4.69) is 10.2 Å². The molecule has 0 spiro atoms. The van der Waals surface area contributed by atoms with Crippen LogP contribution in [-0.2, 0) is 4.79 Å². The highest BCUT2D eigenvalue weighted by molar-refractivity contribution is 6.11. The zero-order valence-corrected chi connectivity index (χ0v) is 20.8. The number of nitro benzene ring substituents is 1. The van der Waals surface area contributed by atoms with Gasteiger partial charge in [0.05, 0.1) is 31.9 Å². The number of nitrogens with zero attached hydrogens (tertiary/aromatic N) is 6. The molecule has 1 amide bonds. The highest BCUT2D eigenvalue weighted by Crippen LogP contribution is 2.39. The van der Waals surface area contributed by atoms with Crippen molar-refractivity contribution < 1.29 is 28.7 Å². The zero-order chi connectivity index (χ0) is 26.7. The molecule has 0 saturated carbocycles. The molecule has 1 aliphatic heterocycles. The molecule has 1 fully saturated rings. The van der Waals surface area contributed by atoms with E-state index in [1.54, 1.807) is 4.90 Å². The smallest absolute Gasteiger partial charge is 0.269 e. The molecule has 1 aromatic heterocycles. The normalized spacial score (nSPS) is 13.3. The third kappa shape index (κ3) is 5.01. The zero-order valence-electron chi connectivity index (χ0n) is 20.8. The van der Waals surface area contributed by atoms with Crippen molar-refractivity contribution in [1.82, 2.24) is 19.9 Å². The van der Waals surface area contributed by atoms with Crippen LogP contribution < -0.4 is 19.1 Å². The van der Waals surface area contributed by atoms with Crippen molar-refractivity contribution in [2.45, 2.75) is 6.92 Å². The Morgan fingerprint density at radius 2 is 1.51 bits per heavy atom. The van der Waals surface area contributed by atoms with Crippen LogP contribution in [0.1, 0.15) is 23.0 Å². The first-order valence-electron chi connectivity index (χ1n) is 11.3. The summed E-state index contributed by atoms with van der Waals surface area (Å²) in [5.41, 5.74) is 0.682. The minimum Gasteiger partial charge on any atom is -0.493 e. The van der Waals surface area contributed by atoms with E-state index < -0.39 is 10.7 Å². The summed E-state index contributed by atoms with van der Waals surface area (Å²) < 4.78 is 16.1. The molecule has 3 aromatic rings. The van der Waals surface area contributed by atoms with Crippen molar-refractivity contribution in [2.24, 2.45) is 0 Å². The monoisotopic (exact) mass is 510 g/mol. The van der Waals surface area contributed by atoms with Crippen LogP contribution in [0.2, 0.25) is 0 Å². The van der Waals surface area contributed by atoms with Gasteiger partial charge < -0.3 is 24.0 Å². The quantitative estimate of drug-likeness (QED) is 0.251. The standard InChI is InChI=1S/C24H26N6O7/c1-15(31)27-9-11-28(12-10-27)24-21(25-29(26-24)17-5-7-18(8-6-17)30(33)34)22(32)16-13-19(35-2)23(37-4)20(14-16)36-3/h5-8,13-14H,9-12H2,1-4H3. The van der Waals surface area contributed by atoms with E-state index in [9.17, 15) is 19.7 Å². The van der Waals surface area contributed by atoms with Gasteiger partial charge in [0.2, 0.25) is 17.4 Å². The maximum absolute atomic E-state index is 13.8. The van der Waals surface area contributed by atoms with Gasteiger partial charge in [0.1, 0.15) is 0 Å². The predicted molar refractivity (Wildman–Crippen MR) is 132 cm³/mol. The number of hydrogen-bond acceptors (Lipinski definition) is 10. The van der Waals surface area contributed by atoms with Crippen LogP contribution >= 0.6 is 0 Å². The molecule has 13 heteroatoms. The molecule has 0 unspecified atom stereocenters. The summed E-state index contributed by atoms with van der Waals surface area (Å²) >= 11 is 0. The Kier molecular flexibility index (Phi) is 7.22. The fourth-order valence-electron chi connectivity index (χ4n) is 4.06. The molecule has 194 valence electrons. The molecule has 0 bridgehead atoms. The number of rotatable bonds is 8. The predicted octanol–water partition coefficient (Wildman–Crippen LogP) is 2.10. The van der Waals surface area contributed by atoms with E-state index in [1.807, 2.05) is 4.90 Å². The van der Waals surface area contributed by atoms with E-state index in [4.69, 9.17) is 14.2 Å². The number of nitro groups is 1. The number of carbonyl (C=O) groups is 2. The van der Waals surface area contributed by atoms with Gasteiger partial charge in [-0.3, -0.25) is 19.7 Å². The van der Waals surface area contributed by atoms with Gasteiger partial charge in [0.25, 0.3) is 5.69 Å². The molecule has 4 rings (SSSR count). The molecule has 1 saturated heterocycles. The number of ketones is 1. The van der Waals surface area contributed by atoms with E-state index in [1.165, 1.54) is 69.4 Å². The Morgan fingerprint density at radius 3 is 2.00 bits per heavy atom. The Morgan fingerprint density at radius 1 is 0.919 bits per heavy atom. The summed E-state index contributed by atoms with van der Waals surface area (Å²) in [6, 6.07) is 8.75. The molecule has 37 heavy (non-hydrogen) atoms. The average Bonchev–Trinajstić information content (AvgIpc) is 3.37. The van der Waals surface area contributed by atoms with E-state index in [-0.39, 0.29) is 22.9 Å². The van der Waals surface area contributed by atoms with E-state index in [0.29, 0.717) is 54.9 Å². The topological polar surface area (TPSA) is 142 Å². The summed E-state index contributed by atoms with van der Waals surface area (Å²) in [6.07, 6.45) is 0. The number of carbonyl (C=O) groups excluding carboxylic acids is 2. The second kappa shape index (κ2) is 10.5. The van der Waals surface area contributed by atoms with Crippen LogP contribution in [-0.4, -0.2) is 84.0 Å². The number of anilines is 1. The van der Waals surface area contributed by atoms with Gasteiger partial charge >= 0.3 is 0 Å². The third-order valence-corrected chi connectivity index (χ3v) is 6.05. The average molecular weight is 511 g/mol. The summed E-state index contributed by atoms with van der Waals surface area (Å²) in [5, 5.41) is 20.1. The Labute approximate surface area is 212 Å². The van der Waals surface area contributed by atoms with Crippen LogP contribution in [0.15, 0.2) is 36.4 Å². The second-order valence-electron chi connectivity index (χ2n) is 8.17. The molecule has 0 atom stereocenters. The summed E-state index contributed by atoms with van der Waals surface area (Å²) in [5.74, 6) is 0.838. The molecule has 0 N–H and O–H groups in total. The van der Waals surface area contributed by atoms with Crippen LogP contribution in [0.4, 0.5) is 11.5 Å². The van der Waals surface area contributed by atoms with Gasteiger partial charge in [-0.2, -0.15) is 0 Å². The lowest BCUT2D eigenvalue weighted by Crippen LogP contribution is -2.48. The van der Waals surface area contributed by atoms with E-state index in [0.717, 1.165) is 0 Å². The van der Waals surface area contributed by atoms with Crippen molar-refractivity contribution in [3.63, 3.8) is 0 Å². The number of benzene rings is 2. The molecule has 0 aliphatic carbocycles. The molecule has 13 nitrogen and oxygen atoms in total. The lowest BCUT2D eigenvalue weighted by atomic mass is 10.1. The van der Waals surface area contributed by atoms with Crippen molar-refractivity contribution in [3.05, 3.63) is 57.8 Å². The molecule has 1 aliphatic rings. The Hall–Kier alpha value is -4.68. The molecule has 2 heterocycles. The van der Waals surface area contributed by atoms with Gasteiger partial charge in [-0.25, -0.2) is 0 Å². The van der Waals surface area contributed by atoms with Crippen molar-refractivity contribution >= 4 is 23.2 Å². The fourth-order valence-corrected chi connectivity index (χ4v) is 4.06. The van der Waals surface area contributed by atoms with Crippen molar-refractivity contribution in [1.29, 1.82) is 0 Å². The molecule has 0 radical (unpaired) electrons. The first-order valence-corrected chi connectivity index (χ1v) is 11.3. The van der Waals surface area contributed by atoms with Crippen LogP contribution in [0.3, 0.4) is 0 Å². The Balaban J connectivity index is 1.78. The van der Waals surface area contributed by atoms with Gasteiger partial charge in [0.15, 0.2) is 23.0 Å². The summed E-state index contributed by atoms with van der Waals surface area (Å²) in [7, 11) is 4.38. The van der Waals surface area contributed by atoms with Gasteiger partial charge in [0, 0.05) is 50.8 Å². The number of non-ortho nitro benzene ring substituents is 1. The third-order valence-electron chi connectivity index (χ3n) is 6.05. The number of hydrogen-bond donors (Lipinski definition) is 0. The van der Waals surface area contributed by atoms with Crippen LogP contribution in [0, 0.1) is 10.1 Å². The molecular weight excluding hydrogens is 484 g/mol. The number of piperazine rings is 1. The second-order valence-corrected chi connectivity index (χ2v) is 8.17. The van der Waals surface area contributed by atoms with Gasteiger partial charge in [-0.1, -0.05) is 0 Å². The SMILES string of the molecule is COc1cc(C(=O)c2nn(-c3ccc([N+](=O)[O-])cc3)nc2N2CCN(C(C)=O)CC2)cc(OC)c1OC. The maximum atomic E-state index is 13.8. The maximum Gasteiger partial charge on any atom is 0.269 e. The van der Waals surface area contributed by atoms with Crippen LogP contribution in [0.5, 0.6) is 17.2 Å². The van der Waals surface area contributed by atoms with Crippen LogP contribution in [0.25, 0.3) is 5.69 Å². The first-order chi connectivity index (χ1) is 17.8. The lowest BCUT2D eigenvalue weighted by Gasteiger charge is -2.34. The highest BCUT2D eigenvalue weighted by Gasteiger charge is 2.29. The Bertz CT molecular complexity index is 1300.